The van der Waals surface area contributed by atoms with Crippen LogP contribution >= 0.6 is 0 Å². The van der Waals surface area contributed by atoms with E-state index in [1.807, 2.05) is 24.4 Å². The monoisotopic (exact) mass is 245 g/mol. The summed E-state index contributed by atoms with van der Waals surface area (Å²) in [7, 11) is 1.72. The van der Waals surface area contributed by atoms with Gasteiger partial charge in [0.05, 0.1) is 18.0 Å². The molecule has 0 saturated heterocycles. The summed E-state index contributed by atoms with van der Waals surface area (Å²) in [6.45, 7) is 3.72. The lowest BCUT2D eigenvalue weighted by Crippen LogP contribution is -2.16. The van der Waals surface area contributed by atoms with Crippen LogP contribution in [-0.2, 0) is 4.74 Å². The summed E-state index contributed by atoms with van der Waals surface area (Å²) in [5.74, 6) is 0.447. The van der Waals surface area contributed by atoms with Crippen molar-refractivity contribution in [3.8, 4) is 0 Å². The molecule has 96 valence electrons. The molecular weight excluding hydrogens is 226 g/mol. The first-order chi connectivity index (χ1) is 8.72. The number of nitrogen functional groups attached to an aromatic ring is 1. The number of hydrogen-bond donors (Lipinski definition) is 2. The molecule has 1 heterocycles. The molecule has 1 atom stereocenters. The molecule has 1 unspecified atom stereocenters. The number of hydrogen-bond acceptors (Lipinski definition) is 4. The van der Waals surface area contributed by atoms with E-state index in [1.54, 1.807) is 13.3 Å². The van der Waals surface area contributed by atoms with Crippen molar-refractivity contribution in [2.75, 3.05) is 31.3 Å². The fraction of sp³-hybridized carbons (Fsp3) is 0.357. The number of benzene rings is 1. The third-order valence-electron chi connectivity index (χ3n) is 2.95. The van der Waals surface area contributed by atoms with Gasteiger partial charge in [0.15, 0.2) is 0 Å². The first kappa shape index (κ1) is 12.6. The van der Waals surface area contributed by atoms with E-state index < -0.39 is 0 Å². The third-order valence-corrected chi connectivity index (χ3v) is 2.95. The van der Waals surface area contributed by atoms with Gasteiger partial charge in [0.1, 0.15) is 0 Å². The molecule has 0 aliphatic heterocycles. The Hall–Kier alpha value is -1.81. The molecule has 1 aromatic heterocycles. The van der Waals surface area contributed by atoms with Gasteiger partial charge in [0.2, 0.25) is 0 Å². The van der Waals surface area contributed by atoms with E-state index in [0.717, 1.165) is 35.3 Å². The maximum atomic E-state index is 6.16. The highest BCUT2D eigenvalue weighted by molar-refractivity contribution is 5.98. The Bertz CT molecular complexity index is 527. The predicted octanol–water partition coefficient (Wildman–Crippen LogP) is 2.51. The summed E-state index contributed by atoms with van der Waals surface area (Å²) in [5, 5.41) is 5.46. The number of nitrogens with one attached hydrogen (secondary N) is 1. The molecule has 0 radical (unpaired) electrons. The Balaban J connectivity index is 2.16. The molecule has 2 rings (SSSR count). The van der Waals surface area contributed by atoms with Crippen LogP contribution in [0.4, 0.5) is 11.4 Å². The van der Waals surface area contributed by atoms with Crippen molar-refractivity contribution in [1.82, 2.24) is 4.98 Å². The van der Waals surface area contributed by atoms with Crippen LogP contribution in [0, 0.1) is 5.92 Å². The molecule has 3 N–H and O–H groups in total. The van der Waals surface area contributed by atoms with Gasteiger partial charge in [-0.25, -0.2) is 0 Å². The summed E-state index contributed by atoms with van der Waals surface area (Å²) < 4.78 is 5.11. The fourth-order valence-corrected chi connectivity index (χ4v) is 1.97. The Labute approximate surface area is 107 Å². The van der Waals surface area contributed by atoms with Crippen LogP contribution in [0.2, 0.25) is 0 Å². The van der Waals surface area contributed by atoms with Crippen LogP contribution in [0.1, 0.15) is 6.92 Å². The Morgan fingerprint density at radius 3 is 3.00 bits per heavy atom. The summed E-state index contributed by atoms with van der Waals surface area (Å²) >= 11 is 0. The molecule has 0 amide bonds. The van der Waals surface area contributed by atoms with Crippen LogP contribution in [0.25, 0.3) is 10.8 Å². The number of nitrogens with zero attached hydrogens (tertiary/aromatic N) is 1. The van der Waals surface area contributed by atoms with E-state index in [0.29, 0.717) is 5.92 Å². The molecule has 0 saturated carbocycles. The number of aromatic nitrogens is 1. The largest absolute Gasteiger partial charge is 0.397 e. The third kappa shape index (κ3) is 2.71. The number of anilines is 2. The lowest BCUT2D eigenvalue weighted by Gasteiger charge is -2.15. The maximum Gasteiger partial charge on any atom is 0.0630 e. The number of ether oxygens (including phenoxy) is 1. The van der Waals surface area contributed by atoms with Crippen molar-refractivity contribution in [1.29, 1.82) is 0 Å². The van der Waals surface area contributed by atoms with Crippen molar-refractivity contribution in [3.63, 3.8) is 0 Å². The topological polar surface area (TPSA) is 60.2 Å². The van der Waals surface area contributed by atoms with Gasteiger partial charge in [-0.15, -0.1) is 0 Å². The summed E-state index contributed by atoms with van der Waals surface area (Å²) in [6, 6.07) is 5.97. The van der Waals surface area contributed by atoms with Crippen molar-refractivity contribution in [2.45, 2.75) is 6.92 Å². The van der Waals surface area contributed by atoms with E-state index in [9.17, 15) is 0 Å². The zero-order valence-electron chi connectivity index (χ0n) is 10.8. The zero-order valence-corrected chi connectivity index (χ0v) is 10.8. The van der Waals surface area contributed by atoms with E-state index in [4.69, 9.17) is 10.5 Å². The first-order valence-electron chi connectivity index (χ1n) is 6.07. The van der Waals surface area contributed by atoms with E-state index >= 15 is 0 Å². The van der Waals surface area contributed by atoms with Gasteiger partial charge in [-0.3, -0.25) is 4.98 Å². The SMILES string of the molecule is COCC(C)CNc1ccc2cnccc2c1N. The highest BCUT2D eigenvalue weighted by Gasteiger charge is 2.06. The lowest BCUT2D eigenvalue weighted by atomic mass is 10.1. The number of rotatable bonds is 5. The Morgan fingerprint density at radius 1 is 1.39 bits per heavy atom. The fourth-order valence-electron chi connectivity index (χ4n) is 1.97. The van der Waals surface area contributed by atoms with E-state index in [-0.39, 0.29) is 0 Å². The zero-order chi connectivity index (χ0) is 13.0. The van der Waals surface area contributed by atoms with Crippen LogP contribution in [0.15, 0.2) is 30.6 Å². The van der Waals surface area contributed by atoms with Crippen LogP contribution < -0.4 is 11.1 Å². The summed E-state index contributed by atoms with van der Waals surface area (Å²) in [4.78, 5) is 4.09. The van der Waals surface area contributed by atoms with Crippen LogP contribution in [0.5, 0.6) is 0 Å². The standard InChI is InChI=1S/C14H19N3O/c1-10(9-18-2)7-17-13-4-3-11-8-16-6-5-12(11)14(13)15/h3-6,8,10,17H,7,9,15H2,1-2H3. The molecule has 0 bridgehead atoms. The van der Waals surface area contributed by atoms with E-state index in [2.05, 4.69) is 17.2 Å². The predicted molar refractivity (Wildman–Crippen MR) is 75.7 cm³/mol. The minimum Gasteiger partial charge on any atom is -0.397 e. The molecular formula is C14H19N3O. The Morgan fingerprint density at radius 2 is 2.22 bits per heavy atom. The molecule has 0 fully saturated rings. The second-order valence-electron chi connectivity index (χ2n) is 4.57. The first-order valence-corrected chi connectivity index (χ1v) is 6.07. The maximum absolute atomic E-state index is 6.16. The molecule has 0 spiro atoms. The van der Waals surface area contributed by atoms with Crippen molar-refractivity contribution < 1.29 is 4.74 Å². The van der Waals surface area contributed by atoms with E-state index in [1.165, 1.54) is 0 Å². The van der Waals surface area contributed by atoms with Gasteiger partial charge in [0.25, 0.3) is 0 Å². The average Bonchev–Trinajstić information content (AvgIpc) is 2.39. The van der Waals surface area contributed by atoms with Crippen molar-refractivity contribution in [2.24, 2.45) is 5.92 Å². The molecule has 0 aliphatic rings. The lowest BCUT2D eigenvalue weighted by molar-refractivity contribution is 0.164. The van der Waals surface area contributed by atoms with Gasteiger partial charge < -0.3 is 15.8 Å². The number of nitrogens with two attached hydrogens (primary N) is 1. The molecule has 18 heavy (non-hydrogen) atoms. The van der Waals surface area contributed by atoms with Gasteiger partial charge >= 0.3 is 0 Å². The highest BCUT2D eigenvalue weighted by Crippen LogP contribution is 2.28. The van der Waals surface area contributed by atoms with Gasteiger partial charge in [-0.05, 0) is 18.1 Å². The number of fused-ring (bicyclic) bond motifs is 1. The minimum atomic E-state index is 0.447. The summed E-state index contributed by atoms with van der Waals surface area (Å²) in [6.07, 6.45) is 3.58. The molecule has 1 aromatic carbocycles. The molecule has 4 nitrogen and oxygen atoms in total. The molecule has 4 heteroatoms. The molecule has 2 aromatic rings. The Kier molecular flexibility index (Phi) is 3.99. The van der Waals surface area contributed by atoms with Gasteiger partial charge in [-0.1, -0.05) is 13.0 Å². The normalized spacial score (nSPS) is 12.6. The number of methoxy groups -OCH3 is 1. The van der Waals surface area contributed by atoms with Gasteiger partial charge in [0, 0.05) is 36.8 Å². The van der Waals surface area contributed by atoms with Gasteiger partial charge in [-0.2, -0.15) is 0 Å². The van der Waals surface area contributed by atoms with Crippen molar-refractivity contribution >= 4 is 22.1 Å². The average molecular weight is 245 g/mol. The van der Waals surface area contributed by atoms with Crippen molar-refractivity contribution in [3.05, 3.63) is 30.6 Å². The smallest absolute Gasteiger partial charge is 0.0630 e. The summed E-state index contributed by atoms with van der Waals surface area (Å²) in [5.41, 5.74) is 7.90. The minimum absolute atomic E-state index is 0.447. The van der Waals surface area contributed by atoms with Crippen LogP contribution in [0.3, 0.4) is 0 Å². The van der Waals surface area contributed by atoms with Crippen LogP contribution in [-0.4, -0.2) is 25.2 Å². The second-order valence-corrected chi connectivity index (χ2v) is 4.57. The number of pyridine rings is 1. The molecule has 0 aliphatic carbocycles. The highest BCUT2D eigenvalue weighted by atomic mass is 16.5. The quantitative estimate of drug-likeness (QED) is 0.795. The second kappa shape index (κ2) is 5.69.